The van der Waals surface area contributed by atoms with Crippen LogP contribution in [0.15, 0.2) is 119 Å². The number of amides is 1. The number of halogens is 6. The van der Waals surface area contributed by atoms with E-state index < -0.39 is 89.9 Å². The van der Waals surface area contributed by atoms with E-state index >= 15 is 0 Å². The Kier molecular flexibility index (Phi) is 17.3. The first-order chi connectivity index (χ1) is 30.7. The monoisotopic (exact) mass is 912 g/mol. The van der Waals surface area contributed by atoms with Gasteiger partial charge in [0.1, 0.15) is 24.7 Å². The zero-order chi connectivity index (χ0) is 47.9. The Bertz CT molecular complexity index is 2720. The maximum Gasteiger partial charge on any atom is 0.347 e. The molecule has 65 heavy (non-hydrogen) atoms. The molecular formula is C42H42F6N10O7. The highest BCUT2D eigenvalue weighted by Crippen LogP contribution is 2.26. The zero-order valence-electron chi connectivity index (χ0n) is 34.6. The maximum atomic E-state index is 14.4. The Morgan fingerprint density at radius 3 is 1.51 bits per heavy atom. The number of rotatable bonds is 15. The number of hydrogen-bond donors (Lipinski definition) is 5. The number of benzene rings is 2. The van der Waals surface area contributed by atoms with Crippen LogP contribution >= 0.6 is 0 Å². The highest BCUT2D eigenvalue weighted by molar-refractivity contribution is 5.75. The molecule has 0 fully saturated rings. The topological polar surface area (TPSA) is 240 Å². The van der Waals surface area contributed by atoms with Crippen LogP contribution in [0.25, 0.3) is 0 Å². The molecule has 1 amide bonds. The van der Waals surface area contributed by atoms with E-state index in [1.54, 1.807) is 24.3 Å². The van der Waals surface area contributed by atoms with Crippen LogP contribution in [0.1, 0.15) is 33.9 Å². The number of alkyl halides is 4. The SMILES string of the molecule is Cc1cnc(NCC(F)(F)c2cccc[n+]2[O-])c(=O)n1CC(=O)NCc1ccccc1F.Cc1cnc(NCC(F)(F)c2cccc[n+]2[O-])c(=O)n1CC(=O)O.NCc1ccccc1F. The Morgan fingerprint density at radius 1 is 0.692 bits per heavy atom. The summed E-state index contributed by atoms with van der Waals surface area (Å²) in [6.07, 6.45) is 4.33. The van der Waals surface area contributed by atoms with Crippen LogP contribution < -0.4 is 42.3 Å². The molecule has 4 aromatic heterocycles. The van der Waals surface area contributed by atoms with Crippen LogP contribution in [0.5, 0.6) is 0 Å². The highest BCUT2D eigenvalue weighted by Gasteiger charge is 2.40. The van der Waals surface area contributed by atoms with Crippen molar-refractivity contribution in [3.63, 3.8) is 0 Å². The average Bonchev–Trinajstić information content (AvgIpc) is 3.26. The molecule has 17 nitrogen and oxygen atoms in total. The summed E-state index contributed by atoms with van der Waals surface area (Å²) in [6, 6.07) is 19.6. The second kappa shape index (κ2) is 22.5. The van der Waals surface area contributed by atoms with Crippen molar-refractivity contribution in [3.8, 4) is 0 Å². The number of aryl methyl sites for hydroxylation is 2. The molecule has 0 unspecified atom stereocenters. The molecule has 2 aromatic carbocycles. The fraction of sp³-hybridized carbons (Fsp3) is 0.238. The first-order valence-electron chi connectivity index (χ1n) is 19.1. The van der Waals surface area contributed by atoms with Gasteiger partial charge in [-0.05, 0) is 38.1 Å². The fourth-order valence-corrected chi connectivity index (χ4v) is 5.61. The van der Waals surface area contributed by atoms with Gasteiger partial charge in [0.25, 0.3) is 22.5 Å². The highest BCUT2D eigenvalue weighted by atomic mass is 19.3. The number of hydrogen-bond acceptors (Lipinski definition) is 11. The van der Waals surface area contributed by atoms with Gasteiger partial charge in [-0.2, -0.15) is 27.0 Å². The molecule has 6 aromatic rings. The number of carboxylic acid groups (broad SMARTS) is 1. The third kappa shape index (κ3) is 13.8. The first kappa shape index (κ1) is 49.8. The average molecular weight is 913 g/mol. The second-order valence-corrected chi connectivity index (χ2v) is 13.8. The van der Waals surface area contributed by atoms with Gasteiger partial charge in [-0.3, -0.25) is 28.3 Å². The molecule has 0 saturated heterocycles. The van der Waals surface area contributed by atoms with Crippen LogP contribution in [0.2, 0.25) is 0 Å². The molecule has 0 aliphatic carbocycles. The Balaban J connectivity index is 0.000000245. The molecule has 0 atom stereocenters. The van der Waals surface area contributed by atoms with Gasteiger partial charge in [0.15, 0.2) is 24.0 Å². The molecular weight excluding hydrogens is 871 g/mol. The van der Waals surface area contributed by atoms with Crippen molar-refractivity contribution in [3.05, 3.63) is 186 Å². The number of carbonyl (C=O) groups is 2. The summed E-state index contributed by atoms with van der Waals surface area (Å²) in [5.74, 6) is -10.5. The summed E-state index contributed by atoms with van der Waals surface area (Å²) in [4.78, 5) is 55.3. The lowest BCUT2D eigenvalue weighted by Gasteiger charge is -2.17. The summed E-state index contributed by atoms with van der Waals surface area (Å²) in [5.41, 5.74) is 3.47. The molecule has 23 heteroatoms. The predicted molar refractivity (Wildman–Crippen MR) is 222 cm³/mol. The van der Waals surface area contributed by atoms with E-state index in [9.17, 15) is 55.9 Å². The number of nitrogens with zero attached hydrogens (tertiary/aromatic N) is 6. The van der Waals surface area contributed by atoms with Crippen LogP contribution in [-0.2, 0) is 47.6 Å². The van der Waals surface area contributed by atoms with Gasteiger partial charge in [0.05, 0.1) is 13.1 Å². The van der Waals surface area contributed by atoms with E-state index in [-0.39, 0.29) is 39.6 Å². The minimum Gasteiger partial charge on any atom is -0.618 e. The summed E-state index contributed by atoms with van der Waals surface area (Å²) in [6.45, 7) is 0.0765. The number of pyridine rings is 2. The van der Waals surface area contributed by atoms with E-state index in [2.05, 4.69) is 25.9 Å². The van der Waals surface area contributed by atoms with Crippen molar-refractivity contribution < 1.29 is 50.5 Å². The Morgan fingerprint density at radius 2 is 1.11 bits per heavy atom. The van der Waals surface area contributed by atoms with Gasteiger partial charge < -0.3 is 37.2 Å². The van der Waals surface area contributed by atoms with Crippen molar-refractivity contribution in [2.24, 2.45) is 5.73 Å². The van der Waals surface area contributed by atoms with Crippen molar-refractivity contribution in [1.82, 2.24) is 24.4 Å². The lowest BCUT2D eigenvalue weighted by atomic mass is 10.2. The molecule has 0 bridgehead atoms. The second-order valence-electron chi connectivity index (χ2n) is 13.8. The number of carbonyl (C=O) groups excluding carboxylic acids is 1. The van der Waals surface area contributed by atoms with E-state index in [1.807, 2.05) is 0 Å². The van der Waals surface area contributed by atoms with E-state index in [1.165, 1.54) is 74.8 Å². The molecule has 6 rings (SSSR count). The van der Waals surface area contributed by atoms with Gasteiger partial charge in [-0.1, -0.05) is 36.4 Å². The predicted octanol–water partition coefficient (Wildman–Crippen LogP) is 3.60. The summed E-state index contributed by atoms with van der Waals surface area (Å²) >= 11 is 0. The lowest BCUT2D eigenvalue weighted by Crippen LogP contribution is -2.41. The maximum absolute atomic E-state index is 14.4. The number of aliphatic carboxylic acids is 1. The van der Waals surface area contributed by atoms with Crippen LogP contribution in [0.3, 0.4) is 0 Å². The largest absolute Gasteiger partial charge is 0.618 e. The normalized spacial score (nSPS) is 11.0. The quantitative estimate of drug-likeness (QED) is 0.0565. The van der Waals surface area contributed by atoms with Gasteiger partial charge in [0, 0.05) is 72.3 Å². The third-order valence-corrected chi connectivity index (χ3v) is 9.07. The van der Waals surface area contributed by atoms with Crippen molar-refractivity contribution >= 4 is 23.5 Å². The summed E-state index contributed by atoms with van der Waals surface area (Å²) in [5, 5.41) is 38.8. The number of carboxylic acids is 1. The molecule has 0 spiro atoms. The molecule has 0 saturated carbocycles. The van der Waals surface area contributed by atoms with Crippen LogP contribution in [-0.4, -0.2) is 49.2 Å². The number of nitrogens with two attached hydrogens (primary N) is 1. The molecule has 6 N–H and O–H groups in total. The fourth-order valence-electron chi connectivity index (χ4n) is 5.61. The van der Waals surface area contributed by atoms with Crippen LogP contribution in [0.4, 0.5) is 38.0 Å². The molecule has 0 aliphatic heterocycles. The molecule has 0 aliphatic rings. The first-order valence-corrected chi connectivity index (χ1v) is 19.1. The molecule has 0 radical (unpaired) electrons. The van der Waals surface area contributed by atoms with E-state index in [0.717, 1.165) is 33.7 Å². The van der Waals surface area contributed by atoms with Gasteiger partial charge in [0.2, 0.25) is 5.91 Å². The smallest absolute Gasteiger partial charge is 0.347 e. The zero-order valence-corrected chi connectivity index (χ0v) is 34.6. The van der Waals surface area contributed by atoms with Crippen molar-refractivity contribution in [2.75, 3.05) is 23.7 Å². The number of anilines is 2. The molecule has 344 valence electrons. The minimum atomic E-state index is -3.58. The lowest BCUT2D eigenvalue weighted by molar-refractivity contribution is -0.624. The molecule has 4 heterocycles. The van der Waals surface area contributed by atoms with E-state index in [0.29, 0.717) is 11.3 Å². The standard InChI is InChI=1S/C21H20F3N5O3.C14H14F2N4O4.C7H8FN/c1-14-10-26-19(27-13-21(23,24)17-8-4-5-9-29(17)32)20(31)28(14)12-18(30)25-11-15-6-2-3-7-16(15)22;1-9-6-17-12(13(23)19(9)7-11(21)22)18-8-14(15,16)10-4-2-3-5-20(10)24;8-7-4-2-1-3-6(7)5-9/h2-10H,11-13H2,1H3,(H,25,30)(H,26,27);2-6H,7-8H2,1H3,(H,17,18)(H,21,22);1-4H,5,9H2. The Hall–Kier alpha value is -7.82. The van der Waals surface area contributed by atoms with Crippen molar-refractivity contribution in [1.29, 1.82) is 0 Å². The van der Waals surface area contributed by atoms with Gasteiger partial charge in [-0.25, -0.2) is 18.7 Å². The van der Waals surface area contributed by atoms with E-state index in [4.69, 9.17) is 10.8 Å². The minimum absolute atomic E-state index is 0.0347. The van der Waals surface area contributed by atoms with Crippen LogP contribution in [0, 0.1) is 35.9 Å². The van der Waals surface area contributed by atoms with Crippen molar-refractivity contribution in [2.45, 2.75) is 51.9 Å². The summed E-state index contributed by atoms with van der Waals surface area (Å²) < 4.78 is 85.2. The summed E-state index contributed by atoms with van der Waals surface area (Å²) in [7, 11) is 0. The third-order valence-electron chi connectivity index (χ3n) is 9.07. The van der Waals surface area contributed by atoms with Gasteiger partial charge >= 0.3 is 17.8 Å². The Labute approximate surface area is 365 Å². The van der Waals surface area contributed by atoms with Gasteiger partial charge in [-0.15, -0.1) is 0 Å². The number of aromatic nitrogens is 6. The number of nitrogens with one attached hydrogen (secondary N) is 3.